The van der Waals surface area contributed by atoms with Crippen molar-refractivity contribution < 1.29 is 9.53 Å². The Morgan fingerprint density at radius 1 is 1.05 bits per heavy atom. The molecule has 0 saturated carbocycles. The van der Waals surface area contributed by atoms with E-state index in [1.54, 1.807) is 6.21 Å². The summed E-state index contributed by atoms with van der Waals surface area (Å²) in [7, 11) is 0. The Hall–Kier alpha value is -4.27. The maximum Gasteiger partial charge on any atom is 0.258 e. The van der Waals surface area contributed by atoms with Gasteiger partial charge in [-0.2, -0.15) is 10.2 Å². The van der Waals surface area contributed by atoms with Gasteiger partial charge in [0, 0.05) is 11.6 Å². The topological polar surface area (TPSA) is 92.6 Å². The number of hydrogen-bond donors (Lipinski definition) is 3. The minimum Gasteiger partial charge on any atom is -0.489 e. The highest BCUT2D eigenvalue weighted by Crippen LogP contribution is 2.26. The molecule has 8 heteroatoms. The fraction of sp³-hybridized carbons (Fsp3) is 0.207. The molecule has 0 aliphatic carbocycles. The number of aromatic nitrogens is 2. The number of hydrazine groups is 1. The minimum absolute atomic E-state index is 0.0198. The van der Waals surface area contributed by atoms with Crippen molar-refractivity contribution in [3.8, 4) is 11.4 Å². The molecule has 1 aromatic heterocycles. The summed E-state index contributed by atoms with van der Waals surface area (Å²) in [5.74, 6) is 0.593. The number of carbonyl (C=O) groups is 1. The van der Waals surface area contributed by atoms with Crippen molar-refractivity contribution >= 4 is 12.1 Å². The predicted octanol–water partition coefficient (Wildman–Crippen LogP) is 4.13. The van der Waals surface area contributed by atoms with Crippen LogP contribution in [0.5, 0.6) is 5.75 Å². The number of hydrazone groups is 1. The molecule has 2 unspecified atom stereocenters. The van der Waals surface area contributed by atoms with Crippen molar-refractivity contribution in [1.82, 2.24) is 26.1 Å². The Bertz CT molecular complexity index is 1380. The number of carbonyl (C=O) groups excluding carboxylic acids is 1. The molecule has 0 bridgehead atoms. The smallest absolute Gasteiger partial charge is 0.258 e. The Morgan fingerprint density at radius 2 is 1.81 bits per heavy atom. The summed E-state index contributed by atoms with van der Waals surface area (Å²) in [6.07, 6.45) is 2.25. The number of rotatable bonds is 8. The van der Waals surface area contributed by atoms with Crippen LogP contribution in [0.3, 0.4) is 0 Å². The molecule has 188 valence electrons. The molecule has 1 aliphatic heterocycles. The van der Waals surface area contributed by atoms with Gasteiger partial charge in [-0.1, -0.05) is 60.7 Å². The van der Waals surface area contributed by atoms with Gasteiger partial charge in [0.2, 0.25) is 0 Å². The second kappa shape index (κ2) is 11.2. The normalized spacial score (nSPS) is 17.2. The minimum atomic E-state index is -0.412. The molecule has 8 nitrogen and oxygen atoms in total. The maximum absolute atomic E-state index is 12.8. The molecule has 2 atom stereocenters. The van der Waals surface area contributed by atoms with Crippen LogP contribution in [0.15, 0.2) is 90.0 Å². The van der Waals surface area contributed by atoms with E-state index in [0.717, 1.165) is 39.5 Å². The Balaban J connectivity index is 1.17. The quantitative estimate of drug-likeness (QED) is 0.253. The molecule has 37 heavy (non-hydrogen) atoms. The number of ether oxygens (including phenoxy) is 1. The molecule has 2 heterocycles. The van der Waals surface area contributed by atoms with Gasteiger partial charge in [-0.25, -0.2) is 21.0 Å². The molecule has 4 aromatic rings. The number of nitrogens with zero attached hydrogens (tertiary/aromatic N) is 3. The van der Waals surface area contributed by atoms with Crippen molar-refractivity contribution in [3.63, 3.8) is 0 Å². The van der Waals surface area contributed by atoms with Crippen molar-refractivity contribution in [3.05, 3.63) is 113 Å². The summed E-state index contributed by atoms with van der Waals surface area (Å²) >= 11 is 0. The summed E-state index contributed by atoms with van der Waals surface area (Å²) in [4.78, 5) is 12.8. The van der Waals surface area contributed by atoms with E-state index in [4.69, 9.17) is 4.74 Å². The highest BCUT2D eigenvalue weighted by Gasteiger charge is 2.30. The summed E-state index contributed by atoms with van der Waals surface area (Å²) < 4.78 is 7.84. The van der Waals surface area contributed by atoms with E-state index in [-0.39, 0.29) is 11.9 Å². The first-order chi connectivity index (χ1) is 18.1. The number of aryl methyl sites for hydroxylation is 1. The second-order valence-electron chi connectivity index (χ2n) is 9.04. The molecule has 0 radical (unpaired) electrons. The lowest BCUT2D eigenvalue weighted by molar-refractivity contribution is -0.122. The number of nitrogens with one attached hydrogen (secondary N) is 3. The van der Waals surface area contributed by atoms with Gasteiger partial charge in [-0.15, -0.1) is 0 Å². The fourth-order valence-corrected chi connectivity index (χ4v) is 4.41. The third-order valence-corrected chi connectivity index (χ3v) is 6.44. The standard InChI is InChI=1S/C29H30N6O2/c1-20-26(21(2)35(34-20)24-13-7-4-8-14-24)18-30-33-29(36)28-17-27(31-32-28)23-12-9-15-25(16-23)37-19-22-10-5-3-6-11-22/h3-16,18,27-28,31-32H,17,19H2,1-2H3,(H,33,36)/b30-18+. The van der Waals surface area contributed by atoms with E-state index < -0.39 is 6.04 Å². The highest BCUT2D eigenvalue weighted by atomic mass is 16.5. The SMILES string of the molecule is Cc1nn(-c2ccccc2)c(C)c1/C=N/NC(=O)C1CC(c2cccc(OCc3ccccc3)c2)NN1. The van der Waals surface area contributed by atoms with Crippen LogP contribution in [0.4, 0.5) is 0 Å². The van der Waals surface area contributed by atoms with E-state index in [1.165, 1.54) is 0 Å². The predicted molar refractivity (Wildman–Crippen MR) is 143 cm³/mol. The van der Waals surface area contributed by atoms with Gasteiger partial charge in [0.1, 0.15) is 18.4 Å². The van der Waals surface area contributed by atoms with Crippen LogP contribution in [0.25, 0.3) is 5.69 Å². The van der Waals surface area contributed by atoms with Gasteiger partial charge >= 0.3 is 0 Å². The molecule has 0 spiro atoms. The van der Waals surface area contributed by atoms with Gasteiger partial charge in [0.05, 0.1) is 23.3 Å². The largest absolute Gasteiger partial charge is 0.489 e. The Morgan fingerprint density at radius 3 is 2.59 bits per heavy atom. The van der Waals surface area contributed by atoms with Gasteiger partial charge in [-0.05, 0) is 55.7 Å². The van der Waals surface area contributed by atoms with E-state index >= 15 is 0 Å². The van der Waals surface area contributed by atoms with E-state index in [0.29, 0.717) is 13.0 Å². The van der Waals surface area contributed by atoms with Crippen LogP contribution in [0, 0.1) is 13.8 Å². The molecule has 5 rings (SSSR count). The van der Waals surface area contributed by atoms with Crippen LogP contribution in [0.1, 0.15) is 40.5 Å². The number of benzene rings is 3. The first-order valence-electron chi connectivity index (χ1n) is 12.3. The van der Waals surface area contributed by atoms with Crippen molar-refractivity contribution in [2.45, 2.75) is 39.0 Å². The van der Waals surface area contributed by atoms with Crippen molar-refractivity contribution in [1.29, 1.82) is 0 Å². The Kier molecular flexibility index (Phi) is 7.39. The molecule has 1 aliphatic rings. The third kappa shape index (κ3) is 5.77. The molecule has 1 saturated heterocycles. The summed E-state index contributed by atoms with van der Waals surface area (Å²) in [6.45, 7) is 4.42. The molecular weight excluding hydrogens is 464 g/mol. The van der Waals surface area contributed by atoms with E-state index in [2.05, 4.69) is 26.5 Å². The molecule has 1 amide bonds. The first-order valence-corrected chi connectivity index (χ1v) is 12.3. The number of hydrogen-bond acceptors (Lipinski definition) is 6. The van der Waals surface area contributed by atoms with Gasteiger partial charge in [0.15, 0.2) is 0 Å². The van der Waals surface area contributed by atoms with E-state index in [9.17, 15) is 4.79 Å². The lowest BCUT2D eigenvalue weighted by atomic mass is 10.0. The summed E-state index contributed by atoms with van der Waals surface area (Å²) in [5.41, 5.74) is 14.8. The van der Waals surface area contributed by atoms with Gasteiger partial charge in [-0.3, -0.25) is 4.79 Å². The number of para-hydroxylation sites is 1. The Labute approximate surface area is 216 Å². The average Bonchev–Trinajstić information content (AvgIpc) is 3.54. The van der Waals surface area contributed by atoms with Crippen molar-refractivity contribution in [2.75, 3.05) is 0 Å². The molecule has 3 aromatic carbocycles. The van der Waals surface area contributed by atoms with Gasteiger partial charge in [0.25, 0.3) is 5.91 Å². The van der Waals surface area contributed by atoms with Crippen LogP contribution in [-0.2, 0) is 11.4 Å². The molecular formula is C29H30N6O2. The second-order valence-corrected chi connectivity index (χ2v) is 9.04. The monoisotopic (exact) mass is 494 g/mol. The molecule has 3 N–H and O–H groups in total. The number of amides is 1. The van der Waals surface area contributed by atoms with Crippen LogP contribution in [0.2, 0.25) is 0 Å². The summed E-state index contributed by atoms with van der Waals surface area (Å²) in [5, 5.41) is 8.83. The molecule has 1 fully saturated rings. The zero-order chi connectivity index (χ0) is 25.6. The first kappa shape index (κ1) is 24.4. The van der Waals surface area contributed by atoms with Crippen molar-refractivity contribution in [2.24, 2.45) is 5.10 Å². The van der Waals surface area contributed by atoms with Crippen LogP contribution in [-0.4, -0.2) is 27.9 Å². The lowest BCUT2D eigenvalue weighted by Gasteiger charge is -2.12. The third-order valence-electron chi connectivity index (χ3n) is 6.44. The highest BCUT2D eigenvalue weighted by molar-refractivity contribution is 5.86. The maximum atomic E-state index is 12.8. The zero-order valence-corrected chi connectivity index (χ0v) is 20.9. The van der Waals surface area contributed by atoms with E-state index in [1.807, 2.05) is 103 Å². The van der Waals surface area contributed by atoms with Crippen LogP contribution < -0.4 is 21.0 Å². The fourth-order valence-electron chi connectivity index (χ4n) is 4.41. The summed E-state index contributed by atoms with van der Waals surface area (Å²) in [6, 6.07) is 27.5. The lowest BCUT2D eigenvalue weighted by Crippen LogP contribution is -2.41. The van der Waals surface area contributed by atoms with Gasteiger partial charge < -0.3 is 4.74 Å². The zero-order valence-electron chi connectivity index (χ0n) is 20.9. The average molecular weight is 495 g/mol. The van der Waals surface area contributed by atoms with Crippen LogP contribution >= 0.6 is 0 Å².